The first-order valence-corrected chi connectivity index (χ1v) is 9.10. The number of nitrogens with zero attached hydrogens (tertiary/aromatic N) is 3. The fraction of sp³-hybridized carbons (Fsp3) is 0.250. The van der Waals surface area contributed by atoms with Crippen LogP contribution < -0.4 is 16.4 Å². The van der Waals surface area contributed by atoms with Gasteiger partial charge in [0.1, 0.15) is 5.76 Å². The number of hydrogen-bond donors (Lipinski definition) is 3. The second-order valence-corrected chi connectivity index (χ2v) is 6.15. The highest BCUT2D eigenvalue weighted by atomic mass is 16.3. The summed E-state index contributed by atoms with van der Waals surface area (Å²) in [5.41, 5.74) is 7.51. The molecule has 3 aromatic rings. The van der Waals surface area contributed by atoms with Gasteiger partial charge in [0.05, 0.1) is 19.6 Å². The first-order chi connectivity index (χ1) is 13.7. The summed E-state index contributed by atoms with van der Waals surface area (Å²) in [6.45, 7) is 4.35. The van der Waals surface area contributed by atoms with Crippen molar-refractivity contribution < 1.29 is 9.21 Å². The molecule has 0 aliphatic carbocycles. The minimum atomic E-state index is -0.583. The minimum absolute atomic E-state index is 0.145. The Labute approximate surface area is 163 Å². The van der Waals surface area contributed by atoms with Crippen LogP contribution >= 0.6 is 0 Å². The van der Waals surface area contributed by atoms with Gasteiger partial charge in [-0.1, -0.05) is 24.3 Å². The van der Waals surface area contributed by atoms with E-state index in [0.717, 1.165) is 12.1 Å². The zero-order valence-corrected chi connectivity index (χ0v) is 15.8. The molecule has 8 nitrogen and oxygen atoms in total. The van der Waals surface area contributed by atoms with E-state index in [2.05, 4.69) is 32.9 Å². The van der Waals surface area contributed by atoms with Gasteiger partial charge in [0, 0.05) is 18.9 Å². The molecule has 0 atom stereocenters. The number of amides is 1. The Morgan fingerprint density at radius 3 is 2.68 bits per heavy atom. The third-order valence-electron chi connectivity index (χ3n) is 4.10. The molecule has 4 N–H and O–H groups in total. The van der Waals surface area contributed by atoms with E-state index in [9.17, 15) is 4.79 Å². The molecule has 2 aromatic heterocycles. The van der Waals surface area contributed by atoms with E-state index in [4.69, 9.17) is 10.2 Å². The molecule has 0 saturated heterocycles. The van der Waals surface area contributed by atoms with Gasteiger partial charge in [-0.15, -0.1) is 0 Å². The number of hydrogen-bond acceptors (Lipinski definition) is 4. The number of rotatable bonds is 8. The first kappa shape index (κ1) is 19.2. The quantitative estimate of drug-likeness (QED) is 0.408. The van der Waals surface area contributed by atoms with Crippen LogP contribution in [-0.4, -0.2) is 28.2 Å². The van der Waals surface area contributed by atoms with Gasteiger partial charge in [-0.25, -0.2) is 4.99 Å². The van der Waals surface area contributed by atoms with E-state index in [1.54, 1.807) is 18.3 Å². The van der Waals surface area contributed by atoms with Gasteiger partial charge in [-0.05, 0) is 36.2 Å². The maximum Gasteiger partial charge on any atom is 0.284 e. The van der Waals surface area contributed by atoms with Crippen molar-refractivity contribution in [3.8, 4) is 0 Å². The Morgan fingerprint density at radius 1 is 1.18 bits per heavy atom. The van der Waals surface area contributed by atoms with Crippen LogP contribution in [0.25, 0.3) is 0 Å². The van der Waals surface area contributed by atoms with E-state index < -0.39 is 5.91 Å². The number of furan rings is 1. The lowest BCUT2D eigenvalue weighted by atomic mass is 10.1. The first-order valence-electron chi connectivity index (χ1n) is 9.10. The Morgan fingerprint density at radius 2 is 2.00 bits per heavy atom. The number of carbonyl (C=O) groups excluding carboxylic acids is 1. The topological polar surface area (TPSA) is 110 Å². The molecule has 1 amide bonds. The van der Waals surface area contributed by atoms with Gasteiger partial charge >= 0.3 is 0 Å². The zero-order valence-electron chi connectivity index (χ0n) is 15.8. The van der Waals surface area contributed by atoms with Crippen LogP contribution in [0.2, 0.25) is 0 Å². The molecule has 0 radical (unpaired) electrons. The molecule has 3 rings (SSSR count). The minimum Gasteiger partial charge on any atom is -0.454 e. The summed E-state index contributed by atoms with van der Waals surface area (Å²) in [6, 6.07) is 13.4. The third kappa shape index (κ3) is 5.23. The number of aliphatic imine (C=N–C) groups is 1. The Kier molecular flexibility index (Phi) is 6.46. The van der Waals surface area contributed by atoms with Gasteiger partial charge in [-0.3, -0.25) is 9.48 Å². The maximum absolute atomic E-state index is 11.1. The summed E-state index contributed by atoms with van der Waals surface area (Å²) in [4.78, 5) is 15.8. The molecular weight excluding hydrogens is 356 g/mol. The van der Waals surface area contributed by atoms with E-state index in [0.29, 0.717) is 31.4 Å². The summed E-state index contributed by atoms with van der Waals surface area (Å²) < 4.78 is 7.27. The lowest BCUT2D eigenvalue weighted by Crippen LogP contribution is -2.36. The fourth-order valence-corrected chi connectivity index (χ4v) is 2.72. The number of nitrogens with one attached hydrogen (secondary N) is 2. The van der Waals surface area contributed by atoms with Gasteiger partial charge in [-0.2, -0.15) is 5.10 Å². The maximum atomic E-state index is 11.1. The van der Waals surface area contributed by atoms with Crippen LogP contribution in [0.5, 0.6) is 0 Å². The number of nitrogens with two attached hydrogens (primary N) is 1. The van der Waals surface area contributed by atoms with Crippen LogP contribution in [-0.2, 0) is 19.6 Å². The summed E-state index contributed by atoms with van der Waals surface area (Å²) in [6.07, 6.45) is 3.71. The molecule has 0 aliphatic heterocycles. The summed E-state index contributed by atoms with van der Waals surface area (Å²) in [5.74, 6) is 0.832. The van der Waals surface area contributed by atoms with Crippen LogP contribution in [0, 0.1) is 0 Å². The number of carbonyl (C=O) groups is 1. The van der Waals surface area contributed by atoms with Crippen molar-refractivity contribution in [3.05, 3.63) is 77.5 Å². The van der Waals surface area contributed by atoms with Gasteiger partial charge in [0.25, 0.3) is 5.91 Å². The summed E-state index contributed by atoms with van der Waals surface area (Å²) in [7, 11) is 0. The fourth-order valence-electron chi connectivity index (χ4n) is 2.72. The van der Waals surface area contributed by atoms with Crippen LogP contribution in [0.15, 0.2) is 64.3 Å². The lowest BCUT2D eigenvalue weighted by Gasteiger charge is -2.12. The predicted molar refractivity (Wildman–Crippen MR) is 107 cm³/mol. The average Bonchev–Trinajstić information content (AvgIpc) is 3.37. The highest BCUT2D eigenvalue weighted by molar-refractivity contribution is 5.89. The normalized spacial score (nSPS) is 11.4. The van der Waals surface area contributed by atoms with Crippen molar-refractivity contribution in [2.45, 2.75) is 26.6 Å². The van der Waals surface area contributed by atoms with E-state index in [1.165, 1.54) is 5.56 Å². The van der Waals surface area contributed by atoms with Crippen molar-refractivity contribution in [2.75, 3.05) is 6.54 Å². The molecule has 0 saturated carbocycles. The van der Waals surface area contributed by atoms with Gasteiger partial charge in [0.15, 0.2) is 11.7 Å². The lowest BCUT2D eigenvalue weighted by molar-refractivity contribution is 0.0972. The predicted octanol–water partition coefficient (Wildman–Crippen LogP) is 1.88. The molecule has 0 spiro atoms. The summed E-state index contributed by atoms with van der Waals surface area (Å²) >= 11 is 0. The molecule has 146 valence electrons. The Balaban J connectivity index is 1.66. The van der Waals surface area contributed by atoms with Crippen molar-refractivity contribution >= 4 is 11.9 Å². The highest BCUT2D eigenvalue weighted by Crippen LogP contribution is 2.12. The van der Waals surface area contributed by atoms with Gasteiger partial charge in [0.2, 0.25) is 0 Å². The molecule has 0 aliphatic rings. The SMILES string of the molecule is CCNC(=NCc1ccccc1Cn1cccn1)NCc1ccc(C(N)=O)o1. The van der Waals surface area contributed by atoms with E-state index >= 15 is 0 Å². The van der Waals surface area contributed by atoms with Crippen LogP contribution in [0.3, 0.4) is 0 Å². The smallest absolute Gasteiger partial charge is 0.284 e. The number of aromatic nitrogens is 2. The van der Waals surface area contributed by atoms with E-state index in [1.807, 2.05) is 36.0 Å². The molecule has 1 aromatic carbocycles. The van der Waals surface area contributed by atoms with Crippen LogP contribution in [0.4, 0.5) is 0 Å². The molecule has 28 heavy (non-hydrogen) atoms. The molecule has 2 heterocycles. The largest absolute Gasteiger partial charge is 0.454 e. The van der Waals surface area contributed by atoms with Crippen molar-refractivity contribution in [3.63, 3.8) is 0 Å². The Hall–Kier alpha value is -3.55. The van der Waals surface area contributed by atoms with E-state index in [-0.39, 0.29) is 5.76 Å². The standard InChI is InChI=1S/C20H24N6O2/c1-2-22-20(24-13-17-8-9-18(28-17)19(21)27)23-12-15-6-3-4-7-16(15)14-26-11-5-10-25-26/h3-11H,2,12-14H2,1H3,(H2,21,27)(H2,22,23,24). The third-order valence-corrected chi connectivity index (χ3v) is 4.10. The average molecular weight is 380 g/mol. The molecular formula is C20H24N6O2. The van der Waals surface area contributed by atoms with Crippen molar-refractivity contribution in [2.24, 2.45) is 10.7 Å². The number of benzene rings is 1. The second kappa shape index (κ2) is 9.40. The summed E-state index contributed by atoms with van der Waals surface area (Å²) in [5, 5.41) is 10.7. The number of primary amides is 1. The molecule has 8 heteroatoms. The van der Waals surface area contributed by atoms with Gasteiger partial charge < -0.3 is 20.8 Å². The molecule has 0 fully saturated rings. The molecule has 0 bridgehead atoms. The number of guanidine groups is 1. The monoisotopic (exact) mass is 380 g/mol. The van der Waals surface area contributed by atoms with Crippen LogP contribution in [0.1, 0.15) is 34.4 Å². The Bertz CT molecular complexity index is 930. The van der Waals surface area contributed by atoms with Crippen molar-refractivity contribution in [1.82, 2.24) is 20.4 Å². The second-order valence-electron chi connectivity index (χ2n) is 6.15. The molecule has 0 unspecified atom stereocenters. The van der Waals surface area contributed by atoms with Crippen molar-refractivity contribution in [1.29, 1.82) is 0 Å². The zero-order chi connectivity index (χ0) is 19.8. The highest BCUT2D eigenvalue weighted by Gasteiger charge is 2.08.